The lowest BCUT2D eigenvalue weighted by Crippen LogP contribution is -2.19. The van der Waals surface area contributed by atoms with Crippen LogP contribution in [0.25, 0.3) is 10.9 Å². The number of aromatic nitrogens is 1. The maximum Gasteiger partial charge on any atom is 0.0461 e. The molecule has 3 rings (SSSR count). The lowest BCUT2D eigenvalue weighted by atomic mass is 9.89. The highest BCUT2D eigenvalue weighted by molar-refractivity contribution is 5.86. The van der Waals surface area contributed by atoms with Crippen LogP contribution in [0.3, 0.4) is 0 Å². The van der Waals surface area contributed by atoms with Crippen molar-refractivity contribution in [2.24, 2.45) is 5.73 Å². The normalized spacial score (nSPS) is 16.4. The van der Waals surface area contributed by atoms with Crippen LogP contribution in [0.4, 0.5) is 0 Å². The van der Waals surface area contributed by atoms with E-state index in [1.807, 2.05) is 0 Å². The topological polar surface area (TPSA) is 41.8 Å². The Kier molecular flexibility index (Phi) is 3.84. The number of aromatic amines is 1. The van der Waals surface area contributed by atoms with E-state index in [1.54, 1.807) is 11.1 Å². The van der Waals surface area contributed by atoms with Crippen LogP contribution in [0, 0.1) is 6.92 Å². The molecule has 3 N–H and O–H groups in total. The van der Waals surface area contributed by atoms with Crippen molar-refractivity contribution < 1.29 is 0 Å². The Bertz CT molecular complexity index is 609. The summed E-state index contributed by atoms with van der Waals surface area (Å²) in [5.41, 5.74) is 13.3. The number of aryl methyl sites for hydroxylation is 4. The Morgan fingerprint density at radius 3 is 2.60 bits per heavy atom. The SMILES string of the molecule is CCC(N)CCc1c(C)[nH]c2cc3c(cc12)CCCC3. The van der Waals surface area contributed by atoms with Crippen LogP contribution in [0.2, 0.25) is 0 Å². The molecule has 0 spiro atoms. The molecule has 2 aromatic rings. The summed E-state index contributed by atoms with van der Waals surface area (Å²) in [6, 6.07) is 5.16. The van der Waals surface area contributed by atoms with E-state index in [4.69, 9.17) is 5.73 Å². The monoisotopic (exact) mass is 270 g/mol. The maximum absolute atomic E-state index is 6.08. The maximum atomic E-state index is 6.08. The number of nitrogens with two attached hydrogens (primary N) is 1. The Morgan fingerprint density at radius 2 is 1.90 bits per heavy atom. The fourth-order valence-electron chi connectivity index (χ4n) is 3.47. The number of H-pyrrole nitrogens is 1. The van der Waals surface area contributed by atoms with Gasteiger partial charge in [-0.1, -0.05) is 6.92 Å². The highest BCUT2D eigenvalue weighted by atomic mass is 14.7. The number of hydrogen-bond donors (Lipinski definition) is 2. The number of fused-ring (bicyclic) bond motifs is 2. The second kappa shape index (κ2) is 5.61. The van der Waals surface area contributed by atoms with Gasteiger partial charge in [0.15, 0.2) is 0 Å². The molecule has 0 saturated carbocycles. The van der Waals surface area contributed by atoms with Crippen molar-refractivity contribution in [1.82, 2.24) is 4.98 Å². The third-order valence-electron chi connectivity index (χ3n) is 4.87. The Balaban J connectivity index is 1.97. The molecule has 2 nitrogen and oxygen atoms in total. The number of nitrogens with one attached hydrogen (secondary N) is 1. The van der Waals surface area contributed by atoms with Crippen LogP contribution in [0.1, 0.15) is 55.0 Å². The quantitative estimate of drug-likeness (QED) is 0.865. The summed E-state index contributed by atoms with van der Waals surface area (Å²) in [6.45, 7) is 4.37. The summed E-state index contributed by atoms with van der Waals surface area (Å²) in [4.78, 5) is 3.58. The molecule has 20 heavy (non-hydrogen) atoms. The minimum absolute atomic E-state index is 0.331. The van der Waals surface area contributed by atoms with Crippen molar-refractivity contribution in [2.45, 2.75) is 64.8 Å². The van der Waals surface area contributed by atoms with Gasteiger partial charge in [0.05, 0.1) is 0 Å². The lowest BCUT2D eigenvalue weighted by molar-refractivity contribution is 0.596. The molecule has 0 bridgehead atoms. The zero-order chi connectivity index (χ0) is 14.1. The highest BCUT2D eigenvalue weighted by Crippen LogP contribution is 2.30. The second-order valence-electron chi connectivity index (χ2n) is 6.31. The molecule has 108 valence electrons. The minimum atomic E-state index is 0.331. The number of hydrogen-bond acceptors (Lipinski definition) is 1. The van der Waals surface area contributed by atoms with E-state index >= 15 is 0 Å². The van der Waals surface area contributed by atoms with Crippen LogP contribution in [-0.4, -0.2) is 11.0 Å². The average molecular weight is 270 g/mol. The lowest BCUT2D eigenvalue weighted by Gasteiger charge is -2.16. The van der Waals surface area contributed by atoms with Gasteiger partial charge in [0.2, 0.25) is 0 Å². The summed E-state index contributed by atoms with van der Waals surface area (Å²) in [5.74, 6) is 0. The number of rotatable bonds is 4. The second-order valence-corrected chi connectivity index (χ2v) is 6.31. The van der Waals surface area contributed by atoms with E-state index in [0.717, 1.165) is 19.3 Å². The molecule has 0 radical (unpaired) electrons. The predicted molar refractivity (Wildman–Crippen MR) is 86.3 cm³/mol. The van der Waals surface area contributed by atoms with Gasteiger partial charge in [0.1, 0.15) is 0 Å². The van der Waals surface area contributed by atoms with Gasteiger partial charge in [-0.3, -0.25) is 0 Å². The predicted octanol–water partition coefficient (Wildman–Crippen LogP) is 4.03. The molecule has 1 aromatic heterocycles. The molecule has 0 aliphatic heterocycles. The van der Waals surface area contributed by atoms with Gasteiger partial charge in [-0.15, -0.1) is 0 Å². The highest BCUT2D eigenvalue weighted by Gasteiger charge is 2.15. The van der Waals surface area contributed by atoms with Crippen molar-refractivity contribution in [3.63, 3.8) is 0 Å². The molecule has 0 saturated heterocycles. The van der Waals surface area contributed by atoms with Gasteiger partial charge in [0.25, 0.3) is 0 Å². The first kappa shape index (κ1) is 13.7. The zero-order valence-electron chi connectivity index (χ0n) is 12.8. The first-order chi connectivity index (χ1) is 9.69. The summed E-state index contributed by atoms with van der Waals surface area (Å²) in [6.07, 6.45) is 8.44. The molecule has 1 unspecified atom stereocenters. The summed E-state index contributed by atoms with van der Waals surface area (Å²) >= 11 is 0. The molecule has 0 amide bonds. The van der Waals surface area contributed by atoms with E-state index < -0.39 is 0 Å². The van der Waals surface area contributed by atoms with Crippen LogP contribution in [-0.2, 0) is 19.3 Å². The van der Waals surface area contributed by atoms with Crippen molar-refractivity contribution in [1.29, 1.82) is 0 Å². The molecule has 1 aliphatic carbocycles. The minimum Gasteiger partial charge on any atom is -0.358 e. The molecule has 1 aromatic carbocycles. The molecule has 2 heteroatoms. The van der Waals surface area contributed by atoms with Crippen LogP contribution in [0.15, 0.2) is 12.1 Å². The molecule has 0 fully saturated rings. The van der Waals surface area contributed by atoms with Crippen molar-refractivity contribution in [2.75, 3.05) is 0 Å². The van der Waals surface area contributed by atoms with Crippen molar-refractivity contribution in [3.8, 4) is 0 Å². The van der Waals surface area contributed by atoms with Gasteiger partial charge in [-0.05, 0) is 80.7 Å². The van der Waals surface area contributed by atoms with E-state index in [9.17, 15) is 0 Å². The fourth-order valence-corrected chi connectivity index (χ4v) is 3.47. The Labute approximate surface area is 121 Å². The van der Waals surface area contributed by atoms with E-state index in [0.29, 0.717) is 6.04 Å². The van der Waals surface area contributed by atoms with Crippen LogP contribution < -0.4 is 5.73 Å². The largest absolute Gasteiger partial charge is 0.358 e. The van der Waals surface area contributed by atoms with E-state index in [-0.39, 0.29) is 0 Å². The molecule has 1 atom stereocenters. The van der Waals surface area contributed by atoms with Crippen LogP contribution >= 0.6 is 0 Å². The van der Waals surface area contributed by atoms with Gasteiger partial charge in [-0.2, -0.15) is 0 Å². The fraction of sp³-hybridized carbons (Fsp3) is 0.556. The first-order valence-electron chi connectivity index (χ1n) is 8.07. The molecule has 1 heterocycles. The third kappa shape index (κ3) is 2.49. The first-order valence-corrected chi connectivity index (χ1v) is 8.07. The smallest absolute Gasteiger partial charge is 0.0461 e. The van der Waals surface area contributed by atoms with Crippen molar-refractivity contribution in [3.05, 3.63) is 34.5 Å². The van der Waals surface area contributed by atoms with Crippen molar-refractivity contribution >= 4 is 10.9 Å². The summed E-state index contributed by atoms with van der Waals surface area (Å²) in [5, 5.41) is 1.44. The number of benzene rings is 1. The van der Waals surface area contributed by atoms with Gasteiger partial charge < -0.3 is 10.7 Å². The van der Waals surface area contributed by atoms with Crippen LogP contribution in [0.5, 0.6) is 0 Å². The standard InChI is InChI=1S/C18H26N2/c1-3-15(19)8-9-16-12(2)20-18-11-14-7-5-4-6-13(14)10-17(16)18/h10-11,15,20H,3-9,19H2,1-2H3. The van der Waals surface area contributed by atoms with Gasteiger partial charge >= 0.3 is 0 Å². The molecular weight excluding hydrogens is 244 g/mol. The molecule has 1 aliphatic rings. The van der Waals surface area contributed by atoms with E-state index in [2.05, 4.69) is 31.0 Å². The average Bonchev–Trinajstić information content (AvgIpc) is 2.76. The third-order valence-corrected chi connectivity index (χ3v) is 4.87. The Hall–Kier alpha value is -1.28. The summed E-state index contributed by atoms with van der Waals surface area (Å²) in [7, 11) is 0. The van der Waals surface area contributed by atoms with Gasteiger partial charge in [-0.25, -0.2) is 0 Å². The van der Waals surface area contributed by atoms with E-state index in [1.165, 1.54) is 47.8 Å². The Morgan fingerprint density at radius 1 is 1.20 bits per heavy atom. The molecular formula is C18H26N2. The van der Waals surface area contributed by atoms with Gasteiger partial charge in [0, 0.05) is 22.6 Å². The zero-order valence-corrected chi connectivity index (χ0v) is 12.8. The summed E-state index contributed by atoms with van der Waals surface area (Å²) < 4.78 is 0.